The molecule has 0 amide bonds. The van der Waals surface area contributed by atoms with Crippen LogP contribution in [-0.4, -0.2) is 26.6 Å². The fourth-order valence-electron chi connectivity index (χ4n) is 1.83. The molecule has 1 aliphatic rings. The Bertz CT molecular complexity index is 669. The van der Waals surface area contributed by atoms with E-state index >= 15 is 0 Å². The van der Waals surface area contributed by atoms with Crippen LogP contribution < -0.4 is 16.6 Å². The molecule has 8 nitrogen and oxygen atoms in total. The van der Waals surface area contributed by atoms with Crippen molar-refractivity contribution in [3.63, 3.8) is 0 Å². The van der Waals surface area contributed by atoms with Gasteiger partial charge in [0, 0.05) is 19.6 Å². The zero-order valence-electron chi connectivity index (χ0n) is 11.2. The van der Waals surface area contributed by atoms with Crippen molar-refractivity contribution in [1.29, 1.82) is 0 Å². The zero-order valence-corrected chi connectivity index (χ0v) is 11.2. The summed E-state index contributed by atoms with van der Waals surface area (Å²) < 4.78 is 1.87. The third kappa shape index (κ3) is 3.02. The predicted octanol–water partition coefficient (Wildman–Crippen LogP) is -0.237. The van der Waals surface area contributed by atoms with Gasteiger partial charge in [-0.25, -0.2) is 4.79 Å². The monoisotopic (exact) mass is 280 g/mol. The SMILES string of the molecule is C=C(CNC1CC1)Cn1c(=O)c([N+](=O)[O-])cn(C)c1=O. The van der Waals surface area contributed by atoms with E-state index in [0.717, 1.165) is 28.2 Å². The van der Waals surface area contributed by atoms with Crippen LogP contribution in [0.2, 0.25) is 0 Å². The molecule has 8 heteroatoms. The Morgan fingerprint density at radius 1 is 1.55 bits per heavy atom. The number of nitrogens with zero attached hydrogens (tertiary/aromatic N) is 3. The van der Waals surface area contributed by atoms with Crippen molar-refractivity contribution in [1.82, 2.24) is 14.5 Å². The molecule has 0 unspecified atom stereocenters. The topological polar surface area (TPSA) is 99.2 Å². The average molecular weight is 280 g/mol. The summed E-state index contributed by atoms with van der Waals surface area (Å²) in [6, 6.07) is 0.483. The van der Waals surface area contributed by atoms with Gasteiger partial charge in [0.25, 0.3) is 0 Å². The molecule has 2 rings (SSSR count). The molecule has 0 bridgehead atoms. The lowest BCUT2D eigenvalue weighted by Crippen LogP contribution is -2.40. The summed E-state index contributed by atoms with van der Waals surface area (Å²) in [5.74, 6) is 0. The van der Waals surface area contributed by atoms with Gasteiger partial charge in [-0.1, -0.05) is 6.58 Å². The van der Waals surface area contributed by atoms with Crippen LogP contribution in [0.3, 0.4) is 0 Å². The molecule has 1 N–H and O–H groups in total. The summed E-state index contributed by atoms with van der Waals surface area (Å²) in [5, 5.41) is 14.0. The van der Waals surface area contributed by atoms with E-state index < -0.39 is 21.9 Å². The highest BCUT2D eigenvalue weighted by Gasteiger charge is 2.21. The van der Waals surface area contributed by atoms with Crippen LogP contribution >= 0.6 is 0 Å². The minimum atomic E-state index is -0.898. The van der Waals surface area contributed by atoms with Gasteiger partial charge in [-0.05, 0) is 18.4 Å². The fraction of sp³-hybridized carbons (Fsp3) is 0.500. The van der Waals surface area contributed by atoms with Crippen LogP contribution in [0.15, 0.2) is 27.9 Å². The Morgan fingerprint density at radius 3 is 2.75 bits per heavy atom. The van der Waals surface area contributed by atoms with Gasteiger partial charge in [-0.3, -0.25) is 24.0 Å². The van der Waals surface area contributed by atoms with Crippen molar-refractivity contribution in [3.8, 4) is 0 Å². The van der Waals surface area contributed by atoms with Crippen LogP contribution in [0.25, 0.3) is 0 Å². The third-order valence-electron chi connectivity index (χ3n) is 3.11. The van der Waals surface area contributed by atoms with Crippen molar-refractivity contribution >= 4 is 5.69 Å². The highest BCUT2D eigenvalue weighted by atomic mass is 16.6. The van der Waals surface area contributed by atoms with E-state index in [1.54, 1.807) is 0 Å². The number of aromatic nitrogens is 2. The second-order valence-electron chi connectivity index (χ2n) is 4.96. The van der Waals surface area contributed by atoms with Gasteiger partial charge in [-0.2, -0.15) is 0 Å². The molecular weight excluding hydrogens is 264 g/mol. The minimum Gasteiger partial charge on any atom is -0.310 e. The Hall–Kier alpha value is -2.22. The lowest BCUT2D eigenvalue weighted by atomic mass is 10.3. The van der Waals surface area contributed by atoms with Gasteiger partial charge in [0.05, 0.1) is 17.7 Å². The molecule has 108 valence electrons. The highest BCUT2D eigenvalue weighted by molar-refractivity contribution is 5.22. The second-order valence-corrected chi connectivity index (χ2v) is 4.96. The number of nitro groups is 1. The lowest BCUT2D eigenvalue weighted by Gasteiger charge is -2.10. The van der Waals surface area contributed by atoms with E-state index in [-0.39, 0.29) is 6.54 Å². The normalized spacial score (nSPS) is 14.2. The van der Waals surface area contributed by atoms with Crippen LogP contribution in [0.5, 0.6) is 0 Å². The molecule has 1 aliphatic carbocycles. The average Bonchev–Trinajstić information content (AvgIpc) is 3.20. The van der Waals surface area contributed by atoms with Crippen LogP contribution in [0, 0.1) is 10.1 Å². The van der Waals surface area contributed by atoms with Crippen molar-refractivity contribution in [2.45, 2.75) is 25.4 Å². The predicted molar refractivity (Wildman–Crippen MR) is 72.8 cm³/mol. The van der Waals surface area contributed by atoms with Gasteiger partial charge >= 0.3 is 16.9 Å². The molecule has 0 aliphatic heterocycles. The standard InChI is InChI=1S/C12H16N4O4/c1-8(5-13-9-3-4-9)6-15-11(17)10(16(19)20)7-14(2)12(15)18/h7,9,13H,1,3-6H2,2H3. The van der Waals surface area contributed by atoms with Gasteiger partial charge in [0.15, 0.2) is 0 Å². The Kier molecular flexibility index (Phi) is 3.84. The van der Waals surface area contributed by atoms with Crippen molar-refractivity contribution in [2.75, 3.05) is 6.54 Å². The third-order valence-corrected chi connectivity index (χ3v) is 3.11. The molecular formula is C12H16N4O4. The zero-order chi connectivity index (χ0) is 14.9. The largest absolute Gasteiger partial charge is 0.350 e. The maximum absolute atomic E-state index is 11.9. The first-order valence-corrected chi connectivity index (χ1v) is 6.25. The maximum Gasteiger partial charge on any atom is 0.350 e. The molecule has 0 radical (unpaired) electrons. The van der Waals surface area contributed by atoms with E-state index in [1.807, 2.05) is 0 Å². The first-order valence-electron chi connectivity index (χ1n) is 6.25. The molecule has 1 heterocycles. The summed E-state index contributed by atoms with van der Waals surface area (Å²) >= 11 is 0. The highest BCUT2D eigenvalue weighted by Crippen LogP contribution is 2.18. The van der Waals surface area contributed by atoms with Crippen molar-refractivity contribution in [2.24, 2.45) is 7.05 Å². The van der Waals surface area contributed by atoms with Gasteiger partial charge < -0.3 is 5.32 Å². The Morgan fingerprint density at radius 2 is 2.20 bits per heavy atom. The molecule has 1 saturated carbocycles. The summed E-state index contributed by atoms with van der Waals surface area (Å²) in [6.45, 7) is 4.26. The molecule has 1 fully saturated rings. The smallest absolute Gasteiger partial charge is 0.310 e. The number of hydrogen-bond acceptors (Lipinski definition) is 5. The van der Waals surface area contributed by atoms with E-state index in [1.165, 1.54) is 7.05 Å². The van der Waals surface area contributed by atoms with E-state index in [4.69, 9.17) is 0 Å². The van der Waals surface area contributed by atoms with E-state index in [0.29, 0.717) is 18.2 Å². The second kappa shape index (κ2) is 5.41. The van der Waals surface area contributed by atoms with Crippen LogP contribution in [-0.2, 0) is 13.6 Å². The molecule has 0 saturated heterocycles. The molecule has 1 aromatic rings. The van der Waals surface area contributed by atoms with E-state index in [9.17, 15) is 19.7 Å². The summed E-state index contributed by atoms with van der Waals surface area (Å²) in [7, 11) is 1.37. The van der Waals surface area contributed by atoms with Crippen LogP contribution in [0.1, 0.15) is 12.8 Å². The summed E-state index contributed by atoms with van der Waals surface area (Å²) in [5.41, 5.74) is -1.47. The molecule has 0 aromatic carbocycles. The first-order chi connectivity index (χ1) is 9.40. The van der Waals surface area contributed by atoms with Crippen molar-refractivity contribution in [3.05, 3.63) is 49.3 Å². The maximum atomic E-state index is 11.9. The molecule has 0 atom stereocenters. The molecule has 20 heavy (non-hydrogen) atoms. The lowest BCUT2D eigenvalue weighted by molar-refractivity contribution is -0.387. The number of rotatable bonds is 6. The number of hydrogen-bond donors (Lipinski definition) is 1. The quantitative estimate of drug-likeness (QED) is 0.440. The summed E-state index contributed by atoms with van der Waals surface area (Å²) in [4.78, 5) is 33.8. The van der Waals surface area contributed by atoms with Gasteiger partial charge in [0.1, 0.15) is 0 Å². The van der Waals surface area contributed by atoms with Crippen LogP contribution in [0.4, 0.5) is 5.69 Å². The van der Waals surface area contributed by atoms with E-state index in [2.05, 4.69) is 11.9 Å². The summed E-state index contributed by atoms with van der Waals surface area (Å²) in [6.07, 6.45) is 3.17. The molecule has 0 spiro atoms. The minimum absolute atomic E-state index is 0.0209. The number of nitrogens with one attached hydrogen (secondary N) is 1. The van der Waals surface area contributed by atoms with Gasteiger partial charge in [-0.15, -0.1) is 0 Å². The Balaban J connectivity index is 2.25. The van der Waals surface area contributed by atoms with Gasteiger partial charge in [0.2, 0.25) is 0 Å². The number of aryl methyl sites for hydroxylation is 1. The molecule has 1 aromatic heterocycles. The van der Waals surface area contributed by atoms with Crippen molar-refractivity contribution < 1.29 is 4.92 Å². The first kappa shape index (κ1) is 14.2. The fourth-order valence-corrected chi connectivity index (χ4v) is 1.83. The Labute approximate surface area is 114 Å².